The number of hydrogen-bond donors (Lipinski definition) is 1. The van der Waals surface area contributed by atoms with Crippen LogP contribution in [0, 0.1) is 5.92 Å². The van der Waals surface area contributed by atoms with Crippen molar-refractivity contribution in [3.8, 4) is 0 Å². The molecule has 0 amide bonds. The minimum atomic E-state index is -3.40. The zero-order valence-corrected chi connectivity index (χ0v) is 7.38. The molecule has 3 nitrogen and oxygen atoms in total. The normalized spacial score (nSPS) is 30.1. The molecule has 1 fully saturated rings. The lowest BCUT2D eigenvalue weighted by Crippen LogP contribution is -2.19. The topological polar surface area (TPSA) is 60.2 Å². The van der Waals surface area contributed by atoms with Crippen LogP contribution in [0.2, 0.25) is 0 Å². The Bertz CT molecular complexity index is 236. The predicted octanol–water partition coefficient (Wildman–Crippen LogP) is 0.469. The summed E-state index contributed by atoms with van der Waals surface area (Å²) >= 11 is 11.1. The monoisotopic (exact) mass is 203 g/mol. The van der Waals surface area contributed by atoms with Crippen molar-refractivity contribution in [2.45, 2.75) is 10.8 Å². The van der Waals surface area contributed by atoms with E-state index in [1.807, 2.05) is 0 Å². The van der Waals surface area contributed by atoms with E-state index in [0.717, 1.165) is 0 Å². The van der Waals surface area contributed by atoms with Crippen molar-refractivity contribution >= 4 is 33.2 Å². The summed E-state index contributed by atoms with van der Waals surface area (Å²) in [7, 11) is -3.40. The van der Waals surface area contributed by atoms with E-state index >= 15 is 0 Å². The van der Waals surface area contributed by atoms with Crippen LogP contribution in [0.4, 0.5) is 0 Å². The Labute approximate surface area is 69.5 Å². The van der Waals surface area contributed by atoms with Gasteiger partial charge in [0, 0.05) is 5.92 Å². The highest BCUT2D eigenvalue weighted by Crippen LogP contribution is 2.53. The first-order valence-electron chi connectivity index (χ1n) is 2.69. The lowest BCUT2D eigenvalue weighted by Gasteiger charge is -1.95. The van der Waals surface area contributed by atoms with Crippen LogP contribution in [0.3, 0.4) is 0 Å². The molecule has 0 heterocycles. The van der Waals surface area contributed by atoms with Crippen LogP contribution in [0.15, 0.2) is 0 Å². The van der Waals surface area contributed by atoms with Gasteiger partial charge in [0.1, 0.15) is 4.33 Å². The molecule has 0 spiro atoms. The predicted molar refractivity (Wildman–Crippen MR) is 40.5 cm³/mol. The fraction of sp³-hybridized carbons (Fsp3) is 1.00. The van der Waals surface area contributed by atoms with Crippen LogP contribution in [-0.4, -0.2) is 18.5 Å². The molecule has 1 aliphatic carbocycles. The van der Waals surface area contributed by atoms with Crippen molar-refractivity contribution in [2.24, 2.45) is 11.1 Å². The first kappa shape index (κ1) is 8.59. The molecule has 1 saturated carbocycles. The van der Waals surface area contributed by atoms with Crippen LogP contribution in [0.1, 0.15) is 6.42 Å². The number of hydrogen-bond acceptors (Lipinski definition) is 2. The second-order valence-electron chi connectivity index (χ2n) is 2.49. The summed E-state index contributed by atoms with van der Waals surface area (Å²) in [5.74, 6) is -0.286. The second kappa shape index (κ2) is 2.24. The van der Waals surface area contributed by atoms with E-state index in [2.05, 4.69) is 0 Å². The lowest BCUT2D eigenvalue weighted by molar-refractivity contribution is 0.593. The number of alkyl halides is 2. The number of halogens is 2. The molecule has 1 atom stereocenters. The zero-order valence-electron chi connectivity index (χ0n) is 5.05. The third-order valence-corrected chi connectivity index (χ3v) is 3.18. The molecule has 6 heteroatoms. The Balaban J connectivity index is 2.46. The maximum Gasteiger partial charge on any atom is 0.209 e. The first-order chi connectivity index (χ1) is 4.31. The number of rotatable bonds is 2. The summed E-state index contributed by atoms with van der Waals surface area (Å²) in [5.41, 5.74) is 0. The van der Waals surface area contributed by atoms with E-state index in [1.54, 1.807) is 0 Å². The molecule has 0 aromatic heterocycles. The summed E-state index contributed by atoms with van der Waals surface area (Å²) in [6, 6.07) is 0. The summed E-state index contributed by atoms with van der Waals surface area (Å²) in [5, 5.41) is 4.75. The Hall–Kier alpha value is 0.490. The Kier molecular flexibility index (Phi) is 1.92. The molecule has 0 radical (unpaired) electrons. The first-order valence-corrected chi connectivity index (χ1v) is 5.17. The van der Waals surface area contributed by atoms with Gasteiger partial charge in [-0.05, 0) is 6.42 Å². The van der Waals surface area contributed by atoms with Gasteiger partial charge in [-0.2, -0.15) is 0 Å². The van der Waals surface area contributed by atoms with E-state index in [-0.39, 0.29) is 11.7 Å². The van der Waals surface area contributed by atoms with Gasteiger partial charge in [0.25, 0.3) is 0 Å². The van der Waals surface area contributed by atoms with Crippen LogP contribution < -0.4 is 5.14 Å². The molecule has 0 bridgehead atoms. The molecule has 2 N–H and O–H groups in total. The quantitative estimate of drug-likeness (QED) is 0.664. The van der Waals surface area contributed by atoms with Crippen molar-refractivity contribution in [3.05, 3.63) is 0 Å². The van der Waals surface area contributed by atoms with Gasteiger partial charge in [0.05, 0.1) is 5.75 Å². The SMILES string of the molecule is NS(=O)(=O)CC1CC1(Cl)Cl. The number of primary sulfonamides is 1. The van der Waals surface area contributed by atoms with Gasteiger partial charge in [0.15, 0.2) is 0 Å². The van der Waals surface area contributed by atoms with Crippen LogP contribution in [0.5, 0.6) is 0 Å². The minimum Gasteiger partial charge on any atom is -0.229 e. The highest BCUT2D eigenvalue weighted by Gasteiger charge is 2.52. The van der Waals surface area contributed by atoms with Gasteiger partial charge in [-0.25, -0.2) is 13.6 Å². The fourth-order valence-electron chi connectivity index (χ4n) is 0.731. The molecular formula is C4H7Cl2NO2S. The number of sulfonamides is 1. The molecule has 1 rings (SSSR count). The van der Waals surface area contributed by atoms with Gasteiger partial charge in [-0.3, -0.25) is 0 Å². The lowest BCUT2D eigenvalue weighted by atomic mass is 10.5. The molecule has 60 valence electrons. The van der Waals surface area contributed by atoms with E-state index in [9.17, 15) is 8.42 Å². The standard InChI is InChI=1S/C4H7Cl2NO2S/c5-4(6)1-3(4)2-10(7,8)9/h3H,1-2H2,(H2,7,8,9). The average molecular weight is 204 g/mol. The summed E-state index contributed by atoms with van der Waals surface area (Å²) < 4.78 is 20.0. The van der Waals surface area contributed by atoms with E-state index in [1.165, 1.54) is 0 Å². The molecule has 10 heavy (non-hydrogen) atoms. The molecule has 1 unspecified atom stereocenters. The van der Waals surface area contributed by atoms with Crippen molar-refractivity contribution < 1.29 is 8.42 Å². The molecule has 0 saturated heterocycles. The number of nitrogens with two attached hydrogens (primary N) is 1. The van der Waals surface area contributed by atoms with Crippen LogP contribution in [0.25, 0.3) is 0 Å². The van der Waals surface area contributed by atoms with Crippen molar-refractivity contribution in [2.75, 3.05) is 5.75 Å². The highest BCUT2D eigenvalue weighted by atomic mass is 35.5. The smallest absolute Gasteiger partial charge is 0.209 e. The van der Waals surface area contributed by atoms with E-state index in [0.29, 0.717) is 6.42 Å². The molecule has 0 aliphatic heterocycles. The molecule has 0 aromatic rings. The van der Waals surface area contributed by atoms with Gasteiger partial charge in [0.2, 0.25) is 10.0 Å². The summed E-state index contributed by atoms with van der Waals surface area (Å²) in [6.45, 7) is 0. The van der Waals surface area contributed by atoms with E-state index in [4.69, 9.17) is 28.3 Å². The summed E-state index contributed by atoms with van der Waals surface area (Å²) in [6.07, 6.45) is 0.520. The van der Waals surface area contributed by atoms with Crippen molar-refractivity contribution in [1.82, 2.24) is 0 Å². The van der Waals surface area contributed by atoms with E-state index < -0.39 is 14.4 Å². The second-order valence-corrected chi connectivity index (χ2v) is 5.69. The Morgan fingerprint density at radius 2 is 2.00 bits per heavy atom. The van der Waals surface area contributed by atoms with Crippen molar-refractivity contribution in [3.63, 3.8) is 0 Å². The van der Waals surface area contributed by atoms with Crippen molar-refractivity contribution in [1.29, 1.82) is 0 Å². The highest BCUT2D eigenvalue weighted by molar-refractivity contribution is 7.89. The third kappa shape index (κ3) is 2.27. The molecule has 1 aliphatic rings. The van der Waals surface area contributed by atoms with Gasteiger partial charge < -0.3 is 0 Å². The average Bonchev–Trinajstić information content (AvgIpc) is 2.05. The minimum absolute atomic E-state index is 0.111. The third-order valence-electron chi connectivity index (χ3n) is 1.39. The Morgan fingerprint density at radius 1 is 1.60 bits per heavy atom. The van der Waals surface area contributed by atoms with Gasteiger partial charge in [-0.15, -0.1) is 23.2 Å². The molecule has 0 aromatic carbocycles. The Morgan fingerprint density at radius 3 is 2.10 bits per heavy atom. The fourth-order valence-corrected chi connectivity index (χ4v) is 2.40. The van der Waals surface area contributed by atoms with Gasteiger partial charge in [-0.1, -0.05) is 0 Å². The largest absolute Gasteiger partial charge is 0.229 e. The maximum atomic E-state index is 10.4. The van der Waals surface area contributed by atoms with Crippen LogP contribution in [-0.2, 0) is 10.0 Å². The summed E-state index contributed by atoms with van der Waals surface area (Å²) in [4.78, 5) is 0. The van der Waals surface area contributed by atoms with Crippen LogP contribution >= 0.6 is 23.2 Å². The zero-order chi connectivity index (χ0) is 7.99. The maximum absolute atomic E-state index is 10.4. The van der Waals surface area contributed by atoms with Gasteiger partial charge >= 0.3 is 0 Å². The molecular weight excluding hydrogens is 197 g/mol.